The lowest BCUT2D eigenvalue weighted by atomic mass is 10.1. The van der Waals surface area contributed by atoms with Gasteiger partial charge in [-0.2, -0.15) is 0 Å². The van der Waals surface area contributed by atoms with E-state index < -0.39 is 5.91 Å². The Kier molecular flexibility index (Phi) is 4.06. The third-order valence-electron chi connectivity index (χ3n) is 2.63. The van der Waals surface area contributed by atoms with Crippen molar-refractivity contribution in [2.75, 3.05) is 5.73 Å². The second-order valence-corrected chi connectivity index (χ2v) is 5.01. The Hall–Kier alpha value is -2.01. The number of thioether (sulfide) groups is 1. The maximum atomic E-state index is 13.6. The van der Waals surface area contributed by atoms with E-state index in [1.807, 2.05) is 18.2 Å². The average Bonchev–Trinajstić information content (AvgIpc) is 2.39. The number of carbonyl (C=O) groups is 1. The molecule has 0 aliphatic heterocycles. The summed E-state index contributed by atoms with van der Waals surface area (Å²) < 4.78 is 13.6. The van der Waals surface area contributed by atoms with Gasteiger partial charge in [0.2, 0.25) is 5.91 Å². The standard InChI is InChI=1S/C14H13FN2OS/c15-11-6-5-9(14(17)18)7-10(11)8-19-13-4-2-1-3-12(13)16/h1-7H,8,16H2,(H2,17,18). The molecule has 0 atom stereocenters. The Labute approximate surface area is 114 Å². The van der Waals surface area contributed by atoms with Gasteiger partial charge in [0.1, 0.15) is 5.82 Å². The Morgan fingerprint density at radius 3 is 2.63 bits per heavy atom. The summed E-state index contributed by atoms with van der Waals surface area (Å²) in [5.41, 5.74) is 12.4. The first-order valence-corrected chi connectivity index (χ1v) is 6.62. The number of primary amides is 1. The Morgan fingerprint density at radius 2 is 1.95 bits per heavy atom. The van der Waals surface area contributed by atoms with Gasteiger partial charge >= 0.3 is 0 Å². The third kappa shape index (κ3) is 3.26. The van der Waals surface area contributed by atoms with Crippen molar-refractivity contribution in [2.24, 2.45) is 5.73 Å². The van der Waals surface area contributed by atoms with Crippen molar-refractivity contribution in [3.05, 3.63) is 59.4 Å². The minimum Gasteiger partial charge on any atom is -0.398 e. The van der Waals surface area contributed by atoms with E-state index in [9.17, 15) is 9.18 Å². The van der Waals surface area contributed by atoms with Gasteiger partial charge < -0.3 is 11.5 Å². The molecule has 2 aromatic carbocycles. The number of halogens is 1. The molecule has 0 heterocycles. The number of benzene rings is 2. The van der Waals surface area contributed by atoms with Gasteiger partial charge in [-0.1, -0.05) is 12.1 Å². The molecule has 0 bridgehead atoms. The Bertz CT molecular complexity index is 616. The van der Waals surface area contributed by atoms with E-state index in [0.29, 0.717) is 22.6 Å². The topological polar surface area (TPSA) is 69.1 Å². The van der Waals surface area contributed by atoms with Crippen LogP contribution in [0.2, 0.25) is 0 Å². The number of nitrogens with two attached hydrogens (primary N) is 2. The van der Waals surface area contributed by atoms with Gasteiger partial charge in [0.15, 0.2) is 0 Å². The zero-order valence-electron chi connectivity index (χ0n) is 10.1. The lowest BCUT2D eigenvalue weighted by Gasteiger charge is -2.07. The molecule has 2 rings (SSSR count). The van der Waals surface area contributed by atoms with Crippen molar-refractivity contribution in [3.8, 4) is 0 Å². The normalized spacial score (nSPS) is 10.4. The number of nitrogen functional groups attached to an aromatic ring is 1. The molecule has 98 valence electrons. The van der Waals surface area contributed by atoms with Crippen LogP contribution in [-0.4, -0.2) is 5.91 Å². The second-order valence-electron chi connectivity index (χ2n) is 4.00. The van der Waals surface area contributed by atoms with Gasteiger partial charge in [-0.15, -0.1) is 11.8 Å². The maximum absolute atomic E-state index is 13.6. The largest absolute Gasteiger partial charge is 0.398 e. The first-order chi connectivity index (χ1) is 9.08. The molecule has 0 aliphatic carbocycles. The van der Waals surface area contributed by atoms with E-state index in [0.717, 1.165) is 4.90 Å². The highest BCUT2D eigenvalue weighted by atomic mass is 32.2. The monoisotopic (exact) mass is 276 g/mol. The highest BCUT2D eigenvalue weighted by Crippen LogP contribution is 2.28. The minimum absolute atomic E-state index is 0.304. The molecule has 0 unspecified atom stereocenters. The molecule has 0 aliphatic rings. The summed E-state index contributed by atoms with van der Waals surface area (Å²) in [6.45, 7) is 0. The van der Waals surface area contributed by atoms with Crippen LogP contribution in [0, 0.1) is 5.82 Å². The van der Waals surface area contributed by atoms with E-state index in [1.165, 1.54) is 30.0 Å². The van der Waals surface area contributed by atoms with Gasteiger partial charge in [0.05, 0.1) is 0 Å². The zero-order chi connectivity index (χ0) is 13.8. The SMILES string of the molecule is NC(=O)c1ccc(F)c(CSc2ccccc2N)c1. The maximum Gasteiger partial charge on any atom is 0.248 e. The van der Waals surface area contributed by atoms with Gasteiger partial charge in [-0.25, -0.2) is 4.39 Å². The van der Waals surface area contributed by atoms with E-state index in [2.05, 4.69) is 0 Å². The molecular weight excluding hydrogens is 263 g/mol. The molecule has 0 saturated carbocycles. The van der Waals surface area contributed by atoms with Gasteiger partial charge in [0, 0.05) is 21.9 Å². The van der Waals surface area contributed by atoms with Crippen LogP contribution in [0.25, 0.3) is 0 Å². The van der Waals surface area contributed by atoms with Crippen LogP contribution in [0.15, 0.2) is 47.4 Å². The summed E-state index contributed by atoms with van der Waals surface area (Å²) in [7, 11) is 0. The summed E-state index contributed by atoms with van der Waals surface area (Å²) in [5, 5.41) is 0. The summed E-state index contributed by atoms with van der Waals surface area (Å²) in [6, 6.07) is 11.5. The highest BCUT2D eigenvalue weighted by Gasteiger charge is 2.08. The lowest BCUT2D eigenvalue weighted by molar-refractivity contribution is 0.1000. The number of amides is 1. The molecule has 2 aromatic rings. The molecule has 5 heteroatoms. The van der Waals surface area contributed by atoms with Crippen LogP contribution < -0.4 is 11.5 Å². The van der Waals surface area contributed by atoms with Crippen LogP contribution in [0.4, 0.5) is 10.1 Å². The highest BCUT2D eigenvalue weighted by molar-refractivity contribution is 7.98. The molecule has 3 nitrogen and oxygen atoms in total. The summed E-state index contributed by atoms with van der Waals surface area (Å²) >= 11 is 1.42. The number of rotatable bonds is 4. The smallest absolute Gasteiger partial charge is 0.248 e. The summed E-state index contributed by atoms with van der Waals surface area (Å²) in [5.74, 6) is -0.529. The van der Waals surface area contributed by atoms with E-state index >= 15 is 0 Å². The van der Waals surface area contributed by atoms with E-state index in [4.69, 9.17) is 11.5 Å². The fourth-order valence-corrected chi connectivity index (χ4v) is 2.55. The molecule has 0 saturated heterocycles. The van der Waals surface area contributed by atoms with Crippen molar-refractivity contribution in [1.29, 1.82) is 0 Å². The molecule has 19 heavy (non-hydrogen) atoms. The quantitative estimate of drug-likeness (QED) is 0.666. The van der Waals surface area contributed by atoms with Crippen LogP contribution in [0.1, 0.15) is 15.9 Å². The number of hydrogen-bond acceptors (Lipinski definition) is 3. The third-order valence-corrected chi connectivity index (χ3v) is 3.77. The molecular formula is C14H13FN2OS. The summed E-state index contributed by atoms with van der Waals surface area (Å²) in [4.78, 5) is 11.9. The van der Waals surface area contributed by atoms with Crippen molar-refractivity contribution in [1.82, 2.24) is 0 Å². The lowest BCUT2D eigenvalue weighted by Crippen LogP contribution is -2.11. The number of anilines is 1. The number of hydrogen-bond donors (Lipinski definition) is 2. The van der Waals surface area contributed by atoms with E-state index in [-0.39, 0.29) is 5.82 Å². The average molecular weight is 276 g/mol. The first-order valence-electron chi connectivity index (χ1n) is 5.63. The van der Waals surface area contributed by atoms with Gasteiger partial charge in [0.25, 0.3) is 0 Å². The van der Waals surface area contributed by atoms with Crippen LogP contribution in [0.3, 0.4) is 0 Å². The molecule has 4 N–H and O–H groups in total. The van der Waals surface area contributed by atoms with Gasteiger partial charge in [-0.05, 0) is 35.9 Å². The van der Waals surface area contributed by atoms with Crippen LogP contribution in [0.5, 0.6) is 0 Å². The minimum atomic E-state index is -0.564. The van der Waals surface area contributed by atoms with Crippen molar-refractivity contribution >= 4 is 23.4 Å². The molecule has 0 spiro atoms. The second kappa shape index (κ2) is 5.75. The zero-order valence-corrected chi connectivity index (χ0v) is 10.9. The summed E-state index contributed by atoms with van der Waals surface area (Å²) in [6.07, 6.45) is 0. The van der Waals surface area contributed by atoms with E-state index in [1.54, 1.807) is 6.07 Å². The van der Waals surface area contributed by atoms with Crippen molar-refractivity contribution < 1.29 is 9.18 Å². The predicted molar refractivity (Wildman–Crippen MR) is 75.3 cm³/mol. The van der Waals surface area contributed by atoms with Crippen molar-refractivity contribution in [3.63, 3.8) is 0 Å². The first kappa shape index (κ1) is 13.4. The fourth-order valence-electron chi connectivity index (χ4n) is 1.61. The molecule has 0 radical (unpaired) electrons. The Morgan fingerprint density at radius 1 is 1.21 bits per heavy atom. The van der Waals surface area contributed by atoms with Crippen LogP contribution in [-0.2, 0) is 5.75 Å². The molecule has 0 aromatic heterocycles. The number of para-hydroxylation sites is 1. The van der Waals surface area contributed by atoms with Crippen molar-refractivity contribution in [2.45, 2.75) is 10.6 Å². The van der Waals surface area contributed by atoms with Crippen LogP contribution >= 0.6 is 11.8 Å². The number of carbonyl (C=O) groups excluding carboxylic acids is 1. The van der Waals surface area contributed by atoms with Gasteiger partial charge in [-0.3, -0.25) is 4.79 Å². The molecule has 1 amide bonds. The fraction of sp³-hybridized carbons (Fsp3) is 0.0714. The Balaban J connectivity index is 2.17. The predicted octanol–water partition coefficient (Wildman–Crippen LogP) is 2.80. The molecule has 0 fully saturated rings.